The summed E-state index contributed by atoms with van der Waals surface area (Å²) in [7, 11) is 0. The summed E-state index contributed by atoms with van der Waals surface area (Å²) in [5.41, 5.74) is 1.04. The third-order valence-electron chi connectivity index (χ3n) is 5.59. The molecule has 0 saturated carbocycles. The Bertz CT molecular complexity index is 1020. The number of thiophene rings is 1. The minimum Gasteiger partial charge on any atom is -0.339 e. The van der Waals surface area contributed by atoms with Gasteiger partial charge in [-0.1, -0.05) is 19.9 Å². The second-order valence-corrected chi connectivity index (χ2v) is 9.34. The zero-order valence-corrected chi connectivity index (χ0v) is 18.5. The van der Waals surface area contributed by atoms with E-state index in [9.17, 15) is 19.2 Å². The fourth-order valence-electron chi connectivity index (χ4n) is 3.97. The number of nitrogens with zero attached hydrogens (tertiary/aromatic N) is 3. The minimum absolute atomic E-state index is 0.0708. The molecule has 4 amide bonds. The van der Waals surface area contributed by atoms with Crippen molar-refractivity contribution in [2.24, 2.45) is 5.92 Å². The lowest BCUT2D eigenvalue weighted by Crippen LogP contribution is -2.51. The number of carbonyl (C=O) groups excluding carboxylic acids is 4. The van der Waals surface area contributed by atoms with E-state index in [1.54, 1.807) is 33.3 Å². The Kier molecular flexibility index (Phi) is 5.91. The lowest BCUT2D eigenvalue weighted by molar-refractivity contribution is -0.131. The Balaban J connectivity index is 1.40. The maximum atomic E-state index is 13.0. The predicted octanol–water partition coefficient (Wildman–Crippen LogP) is 2.53. The van der Waals surface area contributed by atoms with Gasteiger partial charge in [-0.3, -0.25) is 24.1 Å². The van der Waals surface area contributed by atoms with E-state index >= 15 is 0 Å². The van der Waals surface area contributed by atoms with Gasteiger partial charge in [-0.05, 0) is 35.6 Å². The molecular formula is C23H25N3O4S. The van der Waals surface area contributed by atoms with Crippen molar-refractivity contribution in [3.8, 4) is 0 Å². The van der Waals surface area contributed by atoms with Crippen LogP contribution in [0.4, 0.5) is 0 Å². The lowest BCUT2D eigenvalue weighted by atomic mass is 10.0. The molecule has 0 aliphatic carbocycles. The highest BCUT2D eigenvalue weighted by atomic mass is 32.1. The largest absolute Gasteiger partial charge is 0.339 e. The van der Waals surface area contributed by atoms with Gasteiger partial charge in [0.2, 0.25) is 5.91 Å². The van der Waals surface area contributed by atoms with Crippen LogP contribution in [0.5, 0.6) is 0 Å². The number of carbonyl (C=O) groups is 4. The highest BCUT2D eigenvalue weighted by molar-refractivity contribution is 7.10. The monoisotopic (exact) mass is 439 g/mol. The number of piperazine rings is 1. The first-order valence-corrected chi connectivity index (χ1v) is 11.3. The van der Waals surface area contributed by atoms with Crippen LogP contribution in [0, 0.1) is 5.92 Å². The van der Waals surface area contributed by atoms with Crippen LogP contribution in [0.2, 0.25) is 0 Å². The number of hydrogen-bond acceptors (Lipinski definition) is 5. The van der Waals surface area contributed by atoms with E-state index in [0.29, 0.717) is 55.8 Å². The molecule has 8 heteroatoms. The van der Waals surface area contributed by atoms with Gasteiger partial charge >= 0.3 is 0 Å². The first kappa shape index (κ1) is 21.2. The van der Waals surface area contributed by atoms with Gasteiger partial charge < -0.3 is 9.80 Å². The number of hydrogen-bond donors (Lipinski definition) is 0. The Labute approximate surface area is 185 Å². The molecule has 1 fully saturated rings. The fourth-order valence-corrected chi connectivity index (χ4v) is 4.67. The van der Waals surface area contributed by atoms with Gasteiger partial charge in [0, 0.05) is 43.2 Å². The Morgan fingerprint density at radius 2 is 1.65 bits per heavy atom. The van der Waals surface area contributed by atoms with Gasteiger partial charge in [0.25, 0.3) is 17.7 Å². The molecule has 1 aromatic heterocycles. The SMILES string of the molecule is CC(C)CN1C(=O)c2ccc(C(=O)N3CCN(C(=O)Cc4cccs4)CC3)cc2C1=O. The van der Waals surface area contributed by atoms with Crippen LogP contribution in [0.25, 0.3) is 0 Å². The molecule has 0 bridgehead atoms. The number of fused-ring (bicyclic) bond motifs is 1. The molecule has 0 radical (unpaired) electrons. The van der Waals surface area contributed by atoms with E-state index in [-0.39, 0.29) is 29.5 Å². The normalized spacial score (nSPS) is 16.3. The standard InChI is InChI=1S/C23H25N3O4S/c1-15(2)14-26-22(29)18-6-5-16(12-19(18)23(26)30)21(28)25-9-7-24(8-10-25)20(27)13-17-4-3-11-31-17/h3-6,11-12,15H,7-10,13-14H2,1-2H3. The highest BCUT2D eigenvalue weighted by Gasteiger charge is 2.36. The molecule has 3 heterocycles. The van der Waals surface area contributed by atoms with Crippen LogP contribution in [-0.2, 0) is 11.2 Å². The Morgan fingerprint density at radius 1 is 0.968 bits per heavy atom. The molecule has 1 aromatic carbocycles. The number of imide groups is 1. The summed E-state index contributed by atoms with van der Waals surface area (Å²) >= 11 is 1.56. The first-order valence-electron chi connectivity index (χ1n) is 10.4. The minimum atomic E-state index is -0.340. The summed E-state index contributed by atoms with van der Waals surface area (Å²) in [5.74, 6) is -0.586. The molecule has 0 atom stereocenters. The molecule has 31 heavy (non-hydrogen) atoms. The summed E-state index contributed by atoms with van der Waals surface area (Å²) < 4.78 is 0. The third kappa shape index (κ3) is 4.25. The molecule has 0 N–H and O–H groups in total. The van der Waals surface area contributed by atoms with E-state index in [0.717, 1.165) is 4.88 Å². The second kappa shape index (κ2) is 8.63. The number of benzene rings is 1. The van der Waals surface area contributed by atoms with Crippen molar-refractivity contribution in [2.45, 2.75) is 20.3 Å². The molecular weight excluding hydrogens is 414 g/mol. The molecule has 1 saturated heterocycles. The fraction of sp³-hybridized carbons (Fsp3) is 0.391. The van der Waals surface area contributed by atoms with E-state index in [2.05, 4.69) is 0 Å². The lowest BCUT2D eigenvalue weighted by Gasteiger charge is -2.34. The summed E-state index contributed by atoms with van der Waals surface area (Å²) in [5, 5.41) is 1.95. The maximum absolute atomic E-state index is 13.0. The third-order valence-corrected chi connectivity index (χ3v) is 6.47. The first-order chi connectivity index (χ1) is 14.8. The van der Waals surface area contributed by atoms with Crippen LogP contribution >= 0.6 is 11.3 Å². The average molecular weight is 440 g/mol. The van der Waals surface area contributed by atoms with Gasteiger partial charge in [0.1, 0.15) is 0 Å². The van der Waals surface area contributed by atoms with Crippen molar-refractivity contribution in [1.82, 2.24) is 14.7 Å². The highest BCUT2D eigenvalue weighted by Crippen LogP contribution is 2.25. The van der Waals surface area contributed by atoms with Gasteiger partial charge in [-0.2, -0.15) is 0 Å². The molecule has 0 unspecified atom stereocenters. The van der Waals surface area contributed by atoms with Crippen molar-refractivity contribution in [3.63, 3.8) is 0 Å². The molecule has 4 rings (SSSR count). The van der Waals surface area contributed by atoms with Gasteiger partial charge in [-0.25, -0.2) is 0 Å². The van der Waals surface area contributed by atoms with E-state index in [1.807, 2.05) is 31.4 Å². The van der Waals surface area contributed by atoms with Crippen molar-refractivity contribution in [2.75, 3.05) is 32.7 Å². The van der Waals surface area contributed by atoms with Crippen LogP contribution in [0.15, 0.2) is 35.7 Å². The summed E-state index contributed by atoms with van der Waals surface area (Å²) in [6.45, 7) is 6.11. The van der Waals surface area contributed by atoms with Crippen LogP contribution in [0.1, 0.15) is 49.8 Å². The molecule has 162 valence electrons. The smallest absolute Gasteiger partial charge is 0.261 e. The summed E-state index contributed by atoms with van der Waals surface area (Å²) in [6, 6.07) is 8.60. The molecule has 2 aromatic rings. The second-order valence-electron chi connectivity index (χ2n) is 8.30. The zero-order valence-electron chi connectivity index (χ0n) is 17.7. The number of amides is 4. The van der Waals surface area contributed by atoms with E-state index < -0.39 is 0 Å². The van der Waals surface area contributed by atoms with Crippen LogP contribution in [-0.4, -0.2) is 71.1 Å². The zero-order chi connectivity index (χ0) is 22.1. The molecule has 7 nitrogen and oxygen atoms in total. The van der Waals surface area contributed by atoms with E-state index in [4.69, 9.17) is 0 Å². The van der Waals surface area contributed by atoms with E-state index in [1.165, 1.54) is 11.0 Å². The Hall–Kier alpha value is -3.00. The average Bonchev–Trinajstić information content (AvgIpc) is 3.35. The van der Waals surface area contributed by atoms with Crippen molar-refractivity contribution >= 4 is 35.0 Å². The van der Waals surface area contributed by atoms with Crippen molar-refractivity contribution in [1.29, 1.82) is 0 Å². The summed E-state index contributed by atoms with van der Waals surface area (Å²) in [4.78, 5) is 56.4. The molecule has 2 aliphatic heterocycles. The molecule has 0 spiro atoms. The maximum Gasteiger partial charge on any atom is 0.261 e. The van der Waals surface area contributed by atoms with Crippen LogP contribution < -0.4 is 0 Å². The Morgan fingerprint density at radius 3 is 2.29 bits per heavy atom. The summed E-state index contributed by atoms with van der Waals surface area (Å²) in [6.07, 6.45) is 0.388. The van der Waals surface area contributed by atoms with Gasteiger partial charge in [0.05, 0.1) is 17.5 Å². The number of rotatable bonds is 5. The topological polar surface area (TPSA) is 78.0 Å². The van der Waals surface area contributed by atoms with Gasteiger partial charge in [0.15, 0.2) is 0 Å². The molecule has 2 aliphatic rings. The van der Waals surface area contributed by atoms with Crippen molar-refractivity contribution < 1.29 is 19.2 Å². The van der Waals surface area contributed by atoms with Gasteiger partial charge in [-0.15, -0.1) is 11.3 Å². The predicted molar refractivity (Wildman–Crippen MR) is 117 cm³/mol. The quantitative estimate of drug-likeness (QED) is 0.671. The van der Waals surface area contributed by atoms with Crippen molar-refractivity contribution in [3.05, 3.63) is 57.3 Å². The van der Waals surface area contributed by atoms with Crippen LogP contribution in [0.3, 0.4) is 0 Å².